The van der Waals surface area contributed by atoms with Crippen LogP contribution in [-0.2, 0) is 16.1 Å². The Labute approximate surface area is 216 Å². The molecule has 202 valence electrons. The summed E-state index contributed by atoms with van der Waals surface area (Å²) in [5.41, 5.74) is -3.67. The number of thioether (sulfide) groups is 1. The second-order valence-electron chi connectivity index (χ2n) is 8.40. The SMILES string of the molecule is CC1(C)C(=O)N(c2ccc(SC(F)(F)F)cc2)C(=O)N1Cc1ccnc2ccccc12.O=C(O)C(F)(F)F. The fourth-order valence-electron chi connectivity index (χ4n) is 3.59. The van der Waals surface area contributed by atoms with Crippen molar-refractivity contribution in [1.82, 2.24) is 9.88 Å². The van der Waals surface area contributed by atoms with E-state index < -0.39 is 35.1 Å². The third-order valence-corrected chi connectivity index (χ3v) is 6.20. The van der Waals surface area contributed by atoms with Crippen LogP contribution in [0, 0.1) is 0 Å². The van der Waals surface area contributed by atoms with E-state index in [4.69, 9.17) is 9.90 Å². The van der Waals surface area contributed by atoms with Crippen molar-refractivity contribution >= 4 is 46.3 Å². The van der Waals surface area contributed by atoms with Gasteiger partial charge in [-0.25, -0.2) is 14.5 Å². The highest BCUT2D eigenvalue weighted by Gasteiger charge is 2.51. The molecule has 0 spiro atoms. The number of aromatic nitrogens is 1. The molecule has 38 heavy (non-hydrogen) atoms. The van der Waals surface area contributed by atoms with Crippen molar-refractivity contribution in [3.63, 3.8) is 0 Å². The number of nitrogens with zero attached hydrogens (tertiary/aromatic N) is 3. The number of hydrogen-bond donors (Lipinski definition) is 1. The van der Waals surface area contributed by atoms with Gasteiger partial charge in [-0.3, -0.25) is 9.78 Å². The molecule has 1 N–H and O–H groups in total. The van der Waals surface area contributed by atoms with Gasteiger partial charge in [0.2, 0.25) is 0 Å². The van der Waals surface area contributed by atoms with E-state index in [2.05, 4.69) is 4.98 Å². The lowest BCUT2D eigenvalue weighted by atomic mass is 10.0. The van der Waals surface area contributed by atoms with Crippen LogP contribution in [0.1, 0.15) is 19.4 Å². The lowest BCUT2D eigenvalue weighted by Crippen LogP contribution is -2.43. The number of anilines is 1. The summed E-state index contributed by atoms with van der Waals surface area (Å²) in [4.78, 5) is 42.0. The van der Waals surface area contributed by atoms with Gasteiger partial charge in [0.1, 0.15) is 5.54 Å². The number of carbonyl (C=O) groups excluding carboxylic acids is 2. The van der Waals surface area contributed by atoms with Gasteiger partial charge in [-0.2, -0.15) is 26.3 Å². The number of aliphatic carboxylic acids is 1. The molecular formula is C24H19F6N3O4S. The van der Waals surface area contributed by atoms with Gasteiger partial charge in [0, 0.05) is 23.0 Å². The Morgan fingerprint density at radius 3 is 2.11 bits per heavy atom. The minimum absolute atomic E-state index is 0.0188. The smallest absolute Gasteiger partial charge is 0.475 e. The summed E-state index contributed by atoms with van der Waals surface area (Å²) < 4.78 is 69.4. The number of carboxylic acids is 1. The number of pyridine rings is 1. The Kier molecular flexibility index (Phi) is 7.96. The number of carboxylic acid groups (broad SMARTS) is 1. The molecule has 1 fully saturated rings. The van der Waals surface area contributed by atoms with Crippen LogP contribution in [0.3, 0.4) is 0 Å². The molecule has 3 amide bonds. The predicted octanol–water partition coefficient (Wildman–Crippen LogP) is 6.23. The number of carbonyl (C=O) groups is 3. The van der Waals surface area contributed by atoms with Gasteiger partial charge >= 0.3 is 23.7 Å². The van der Waals surface area contributed by atoms with Crippen LogP contribution in [-0.4, -0.2) is 50.1 Å². The Morgan fingerprint density at radius 2 is 1.55 bits per heavy atom. The van der Waals surface area contributed by atoms with Gasteiger partial charge < -0.3 is 10.0 Å². The number of urea groups is 1. The number of imide groups is 1. The lowest BCUT2D eigenvalue weighted by molar-refractivity contribution is -0.192. The van der Waals surface area contributed by atoms with Crippen LogP contribution in [0.4, 0.5) is 36.8 Å². The van der Waals surface area contributed by atoms with Gasteiger partial charge in [-0.1, -0.05) is 18.2 Å². The number of benzene rings is 2. The molecule has 2 aromatic carbocycles. The number of amides is 3. The van der Waals surface area contributed by atoms with E-state index in [1.54, 1.807) is 20.0 Å². The van der Waals surface area contributed by atoms with E-state index in [0.717, 1.165) is 21.4 Å². The van der Waals surface area contributed by atoms with E-state index in [9.17, 15) is 35.9 Å². The maximum atomic E-state index is 13.2. The standard InChI is InChI=1S/C22H18F3N3O2S.C2HF3O2/c1-21(2)19(29)28(15-7-9-16(10-8-15)31-22(23,24)25)20(30)27(21)13-14-11-12-26-18-6-4-3-5-17(14)18;3-2(4,5)1(6)7/h3-12H,13H2,1-2H3;(H,6,7). The number of hydrogen-bond acceptors (Lipinski definition) is 5. The maximum Gasteiger partial charge on any atom is 0.490 e. The molecule has 2 heterocycles. The van der Waals surface area contributed by atoms with Gasteiger partial charge in [0.15, 0.2) is 0 Å². The first-order valence-corrected chi connectivity index (χ1v) is 11.5. The number of rotatable bonds is 4. The third-order valence-electron chi connectivity index (χ3n) is 5.46. The molecule has 1 aliphatic rings. The van der Waals surface area contributed by atoms with Crippen molar-refractivity contribution in [3.05, 3.63) is 66.4 Å². The van der Waals surface area contributed by atoms with E-state index in [1.165, 1.54) is 29.2 Å². The molecular weight excluding hydrogens is 540 g/mol. The zero-order valence-corrected chi connectivity index (χ0v) is 20.5. The molecule has 7 nitrogen and oxygen atoms in total. The van der Waals surface area contributed by atoms with Crippen LogP contribution < -0.4 is 4.90 Å². The molecule has 0 aliphatic carbocycles. The molecule has 0 radical (unpaired) electrons. The van der Waals surface area contributed by atoms with Gasteiger partial charge in [0.25, 0.3) is 5.91 Å². The molecule has 14 heteroatoms. The maximum absolute atomic E-state index is 13.2. The summed E-state index contributed by atoms with van der Waals surface area (Å²) >= 11 is -0.248. The van der Waals surface area contributed by atoms with Crippen molar-refractivity contribution in [2.24, 2.45) is 0 Å². The predicted molar refractivity (Wildman–Crippen MR) is 126 cm³/mol. The summed E-state index contributed by atoms with van der Waals surface area (Å²) in [5, 5.41) is 8.01. The molecule has 0 saturated carbocycles. The highest BCUT2D eigenvalue weighted by molar-refractivity contribution is 8.00. The van der Waals surface area contributed by atoms with Crippen molar-refractivity contribution in [2.45, 2.75) is 42.5 Å². The first-order valence-electron chi connectivity index (χ1n) is 10.7. The lowest BCUT2D eigenvalue weighted by Gasteiger charge is -2.28. The largest absolute Gasteiger partial charge is 0.490 e. The number of halogens is 6. The second-order valence-corrected chi connectivity index (χ2v) is 9.54. The Morgan fingerprint density at radius 1 is 0.974 bits per heavy atom. The molecule has 0 atom stereocenters. The summed E-state index contributed by atoms with van der Waals surface area (Å²) in [6.07, 6.45) is -3.43. The normalized spacial score (nSPS) is 15.5. The number of alkyl halides is 6. The first kappa shape index (κ1) is 28.8. The fraction of sp³-hybridized carbons (Fsp3) is 0.250. The Bertz CT molecular complexity index is 1350. The van der Waals surface area contributed by atoms with Crippen LogP contribution in [0.25, 0.3) is 10.9 Å². The molecule has 3 aromatic rings. The fourth-order valence-corrected chi connectivity index (χ4v) is 4.13. The molecule has 1 aliphatic heterocycles. The average Bonchev–Trinajstić information content (AvgIpc) is 2.98. The van der Waals surface area contributed by atoms with Crippen molar-refractivity contribution < 1.29 is 45.8 Å². The highest BCUT2D eigenvalue weighted by atomic mass is 32.2. The molecule has 0 bridgehead atoms. The van der Waals surface area contributed by atoms with Crippen LogP contribution >= 0.6 is 11.8 Å². The monoisotopic (exact) mass is 559 g/mol. The molecule has 0 unspecified atom stereocenters. The Hall–Kier alpha value is -3.81. The molecule has 4 rings (SSSR count). The summed E-state index contributed by atoms with van der Waals surface area (Å²) in [7, 11) is 0. The molecule has 1 saturated heterocycles. The number of fused-ring (bicyclic) bond motifs is 1. The zero-order valence-electron chi connectivity index (χ0n) is 19.7. The van der Waals surface area contributed by atoms with E-state index in [0.29, 0.717) is 0 Å². The quantitative estimate of drug-likeness (QED) is 0.232. The first-order chi connectivity index (χ1) is 17.5. The van der Waals surface area contributed by atoms with Crippen LogP contribution in [0.2, 0.25) is 0 Å². The van der Waals surface area contributed by atoms with Gasteiger partial charge in [0.05, 0.1) is 11.2 Å². The van der Waals surface area contributed by atoms with Crippen molar-refractivity contribution in [1.29, 1.82) is 0 Å². The minimum Gasteiger partial charge on any atom is -0.475 e. The van der Waals surface area contributed by atoms with E-state index in [1.807, 2.05) is 30.3 Å². The third kappa shape index (κ3) is 6.36. The topological polar surface area (TPSA) is 90.8 Å². The van der Waals surface area contributed by atoms with E-state index in [-0.39, 0.29) is 28.9 Å². The van der Waals surface area contributed by atoms with Gasteiger partial charge in [-0.15, -0.1) is 0 Å². The summed E-state index contributed by atoms with van der Waals surface area (Å²) in [5.74, 6) is -3.19. The summed E-state index contributed by atoms with van der Waals surface area (Å²) in [6, 6.07) is 14.0. The van der Waals surface area contributed by atoms with Crippen molar-refractivity contribution in [3.8, 4) is 0 Å². The second kappa shape index (κ2) is 10.5. The number of para-hydroxylation sites is 1. The van der Waals surface area contributed by atoms with Gasteiger partial charge in [-0.05, 0) is 67.6 Å². The molecule has 1 aromatic heterocycles. The van der Waals surface area contributed by atoms with E-state index >= 15 is 0 Å². The van der Waals surface area contributed by atoms with Crippen LogP contribution in [0.15, 0.2) is 65.7 Å². The summed E-state index contributed by atoms with van der Waals surface area (Å²) in [6.45, 7) is 3.51. The average molecular weight is 559 g/mol. The van der Waals surface area contributed by atoms with Crippen molar-refractivity contribution in [2.75, 3.05) is 4.90 Å². The highest BCUT2D eigenvalue weighted by Crippen LogP contribution is 2.39. The minimum atomic E-state index is -5.08. The Balaban J connectivity index is 0.000000505. The zero-order chi connectivity index (χ0) is 28.5. The van der Waals surface area contributed by atoms with Crippen LogP contribution in [0.5, 0.6) is 0 Å².